The molecular weight excluding hydrogens is 340 g/mol. The van der Waals surface area contributed by atoms with E-state index in [1.807, 2.05) is 32.3 Å². The van der Waals surface area contributed by atoms with Crippen molar-refractivity contribution in [3.05, 3.63) is 48.0 Å². The van der Waals surface area contributed by atoms with E-state index in [4.69, 9.17) is 4.74 Å². The van der Waals surface area contributed by atoms with Crippen LogP contribution in [-0.2, 0) is 12.0 Å². The standard InChI is InChI=1S/C21H30N4O2/c1-17-22-12-13-25(17)15-14-24(2)20(26)23-16-21(10-4-5-11-21)18-6-8-19(27-3)9-7-18/h6-9,12-13H,4-5,10-11,14-16H2,1-3H3,(H,23,26). The Morgan fingerprint density at radius 3 is 2.59 bits per heavy atom. The van der Waals surface area contributed by atoms with Crippen LogP contribution in [0.1, 0.15) is 37.1 Å². The van der Waals surface area contributed by atoms with Crippen molar-refractivity contribution >= 4 is 6.03 Å². The maximum Gasteiger partial charge on any atom is 0.317 e. The quantitative estimate of drug-likeness (QED) is 0.813. The topological polar surface area (TPSA) is 59.4 Å². The van der Waals surface area contributed by atoms with Crippen LogP contribution >= 0.6 is 0 Å². The summed E-state index contributed by atoms with van der Waals surface area (Å²) < 4.78 is 7.33. The molecule has 3 rings (SSSR count). The van der Waals surface area contributed by atoms with Gasteiger partial charge in [-0.1, -0.05) is 25.0 Å². The summed E-state index contributed by atoms with van der Waals surface area (Å²) >= 11 is 0. The van der Waals surface area contributed by atoms with Crippen LogP contribution in [0.5, 0.6) is 5.75 Å². The number of nitrogens with one attached hydrogen (secondary N) is 1. The van der Waals surface area contributed by atoms with Gasteiger partial charge < -0.3 is 19.5 Å². The van der Waals surface area contributed by atoms with Crippen molar-refractivity contribution in [2.45, 2.75) is 44.6 Å². The predicted octanol–water partition coefficient (Wildman–Crippen LogP) is 3.35. The first-order chi connectivity index (χ1) is 13.0. The van der Waals surface area contributed by atoms with Crippen LogP contribution in [-0.4, -0.2) is 47.7 Å². The summed E-state index contributed by atoms with van der Waals surface area (Å²) in [6.45, 7) is 4.04. The fourth-order valence-electron chi connectivity index (χ4n) is 3.94. The van der Waals surface area contributed by atoms with Gasteiger partial charge in [0.1, 0.15) is 11.6 Å². The number of nitrogens with zero attached hydrogens (tertiary/aromatic N) is 3. The molecule has 1 aromatic heterocycles. The summed E-state index contributed by atoms with van der Waals surface area (Å²) in [6.07, 6.45) is 8.36. The number of imidazole rings is 1. The van der Waals surface area contributed by atoms with E-state index in [1.54, 1.807) is 18.2 Å². The molecule has 1 saturated carbocycles. The molecule has 0 unspecified atom stereocenters. The van der Waals surface area contributed by atoms with Gasteiger partial charge in [-0.25, -0.2) is 9.78 Å². The second-order valence-electron chi connectivity index (χ2n) is 7.46. The Kier molecular flexibility index (Phi) is 6.04. The zero-order chi connectivity index (χ0) is 19.3. The van der Waals surface area contributed by atoms with Crippen molar-refractivity contribution in [3.63, 3.8) is 0 Å². The SMILES string of the molecule is COc1ccc(C2(CNC(=O)N(C)CCn3ccnc3C)CCCC2)cc1. The van der Waals surface area contributed by atoms with Gasteiger partial charge in [0.25, 0.3) is 0 Å². The lowest BCUT2D eigenvalue weighted by Gasteiger charge is -2.31. The molecule has 2 aromatic rings. The third kappa shape index (κ3) is 4.43. The van der Waals surface area contributed by atoms with Crippen LogP contribution in [0, 0.1) is 6.92 Å². The molecule has 2 amide bonds. The van der Waals surface area contributed by atoms with E-state index in [0.29, 0.717) is 13.1 Å². The Morgan fingerprint density at radius 1 is 1.30 bits per heavy atom. The molecule has 1 aliphatic carbocycles. The van der Waals surface area contributed by atoms with Crippen LogP contribution in [0.25, 0.3) is 0 Å². The highest BCUT2D eigenvalue weighted by Gasteiger charge is 2.36. The molecule has 6 heteroatoms. The molecule has 1 fully saturated rings. The van der Waals surface area contributed by atoms with Crippen molar-refractivity contribution < 1.29 is 9.53 Å². The van der Waals surface area contributed by atoms with Gasteiger partial charge in [-0.05, 0) is 37.5 Å². The lowest BCUT2D eigenvalue weighted by Crippen LogP contribution is -2.45. The molecule has 0 aliphatic heterocycles. The van der Waals surface area contributed by atoms with E-state index >= 15 is 0 Å². The van der Waals surface area contributed by atoms with Gasteiger partial charge in [-0.3, -0.25) is 0 Å². The first-order valence-corrected chi connectivity index (χ1v) is 9.65. The molecule has 0 bridgehead atoms. The van der Waals surface area contributed by atoms with Crippen LogP contribution in [0.2, 0.25) is 0 Å². The number of methoxy groups -OCH3 is 1. The van der Waals surface area contributed by atoms with E-state index in [-0.39, 0.29) is 11.4 Å². The minimum atomic E-state index is -0.0208. The van der Waals surface area contributed by atoms with Gasteiger partial charge in [-0.2, -0.15) is 0 Å². The number of benzene rings is 1. The largest absolute Gasteiger partial charge is 0.497 e. The molecule has 1 aromatic carbocycles. The number of urea groups is 1. The minimum absolute atomic E-state index is 0.0208. The number of aromatic nitrogens is 2. The van der Waals surface area contributed by atoms with Crippen molar-refractivity contribution in [1.29, 1.82) is 0 Å². The second kappa shape index (κ2) is 8.46. The van der Waals surface area contributed by atoms with Crippen molar-refractivity contribution in [1.82, 2.24) is 19.8 Å². The molecule has 1 N–H and O–H groups in total. The van der Waals surface area contributed by atoms with E-state index in [9.17, 15) is 4.79 Å². The average molecular weight is 370 g/mol. The number of carbonyl (C=O) groups is 1. The average Bonchev–Trinajstić information content (AvgIpc) is 3.34. The smallest absolute Gasteiger partial charge is 0.317 e. The number of amides is 2. The number of ether oxygens (including phenoxy) is 1. The number of hydrogen-bond acceptors (Lipinski definition) is 3. The zero-order valence-electron chi connectivity index (χ0n) is 16.6. The molecule has 1 heterocycles. The molecule has 6 nitrogen and oxygen atoms in total. The molecule has 0 saturated heterocycles. The third-order valence-corrected chi connectivity index (χ3v) is 5.79. The highest BCUT2D eigenvalue weighted by atomic mass is 16.5. The Morgan fingerprint density at radius 2 is 2.00 bits per heavy atom. The van der Waals surface area contributed by atoms with Crippen LogP contribution in [0.15, 0.2) is 36.7 Å². The molecule has 27 heavy (non-hydrogen) atoms. The normalized spacial score (nSPS) is 15.5. The van der Waals surface area contributed by atoms with E-state index in [1.165, 1.54) is 18.4 Å². The summed E-state index contributed by atoms with van der Waals surface area (Å²) in [5, 5.41) is 3.17. The zero-order valence-corrected chi connectivity index (χ0v) is 16.6. The van der Waals surface area contributed by atoms with Gasteiger partial charge in [0.05, 0.1) is 7.11 Å². The Labute approximate surface area is 161 Å². The van der Waals surface area contributed by atoms with Crippen molar-refractivity contribution in [2.75, 3.05) is 27.2 Å². The molecule has 0 radical (unpaired) electrons. The summed E-state index contributed by atoms with van der Waals surface area (Å²) in [4.78, 5) is 18.6. The lowest BCUT2D eigenvalue weighted by atomic mass is 9.79. The van der Waals surface area contributed by atoms with Gasteiger partial charge in [0, 0.05) is 44.5 Å². The Hall–Kier alpha value is -2.50. The highest BCUT2D eigenvalue weighted by molar-refractivity contribution is 5.74. The molecule has 146 valence electrons. The maximum absolute atomic E-state index is 12.6. The fraction of sp³-hybridized carbons (Fsp3) is 0.524. The monoisotopic (exact) mass is 370 g/mol. The van der Waals surface area contributed by atoms with Crippen LogP contribution in [0.4, 0.5) is 4.79 Å². The summed E-state index contributed by atoms with van der Waals surface area (Å²) in [7, 11) is 3.53. The number of rotatable bonds is 7. The van der Waals surface area contributed by atoms with E-state index < -0.39 is 0 Å². The second-order valence-corrected chi connectivity index (χ2v) is 7.46. The van der Waals surface area contributed by atoms with E-state index in [0.717, 1.165) is 31.0 Å². The first-order valence-electron chi connectivity index (χ1n) is 9.65. The van der Waals surface area contributed by atoms with Gasteiger partial charge >= 0.3 is 6.03 Å². The predicted molar refractivity (Wildman–Crippen MR) is 106 cm³/mol. The van der Waals surface area contributed by atoms with Crippen molar-refractivity contribution in [2.24, 2.45) is 0 Å². The third-order valence-electron chi connectivity index (χ3n) is 5.79. The Balaban J connectivity index is 1.58. The Bertz CT molecular complexity index is 748. The fourth-order valence-corrected chi connectivity index (χ4v) is 3.94. The lowest BCUT2D eigenvalue weighted by molar-refractivity contribution is 0.203. The summed E-state index contributed by atoms with van der Waals surface area (Å²) in [5.41, 5.74) is 1.32. The van der Waals surface area contributed by atoms with Crippen LogP contribution in [0.3, 0.4) is 0 Å². The van der Waals surface area contributed by atoms with Gasteiger partial charge in [0.2, 0.25) is 0 Å². The first kappa shape index (κ1) is 19.3. The van der Waals surface area contributed by atoms with Gasteiger partial charge in [-0.15, -0.1) is 0 Å². The van der Waals surface area contributed by atoms with E-state index in [2.05, 4.69) is 27.0 Å². The molecule has 0 atom stereocenters. The molecule has 0 spiro atoms. The minimum Gasteiger partial charge on any atom is -0.497 e. The van der Waals surface area contributed by atoms with Gasteiger partial charge in [0.15, 0.2) is 0 Å². The summed E-state index contributed by atoms with van der Waals surface area (Å²) in [5.74, 6) is 1.83. The number of hydrogen-bond donors (Lipinski definition) is 1. The molecular formula is C21H30N4O2. The van der Waals surface area contributed by atoms with Crippen LogP contribution < -0.4 is 10.1 Å². The highest BCUT2D eigenvalue weighted by Crippen LogP contribution is 2.41. The maximum atomic E-state index is 12.6. The number of aryl methyl sites for hydroxylation is 1. The summed E-state index contributed by atoms with van der Waals surface area (Å²) in [6, 6.07) is 8.28. The molecule has 1 aliphatic rings. The number of likely N-dealkylation sites (N-methyl/N-ethyl adjacent to an activating group) is 1. The van der Waals surface area contributed by atoms with Crippen molar-refractivity contribution in [3.8, 4) is 5.75 Å². The number of carbonyl (C=O) groups excluding carboxylic acids is 1.